The third-order valence-corrected chi connectivity index (χ3v) is 19.3. The van der Waals surface area contributed by atoms with Gasteiger partial charge in [-0.15, -0.1) is 0 Å². The monoisotopic (exact) mass is 1900 g/mol. The van der Waals surface area contributed by atoms with Crippen molar-refractivity contribution in [2.24, 2.45) is 22.9 Å². The maximum absolute atomic E-state index is 14.6. The minimum absolute atomic E-state index is 0.00214. The van der Waals surface area contributed by atoms with Crippen molar-refractivity contribution in [1.29, 1.82) is 0 Å². The van der Waals surface area contributed by atoms with Crippen LogP contribution in [-0.4, -0.2) is 344 Å². The summed E-state index contributed by atoms with van der Waals surface area (Å²) in [6, 6.07) is -0.670. The maximum Gasteiger partial charge on any atom is 0.246 e. The summed E-state index contributed by atoms with van der Waals surface area (Å²) in [5.41, 5.74) is 23.7. The molecule has 0 saturated heterocycles. The van der Waals surface area contributed by atoms with Gasteiger partial charge in [0.2, 0.25) is 100 Å². The van der Waals surface area contributed by atoms with Gasteiger partial charge in [0.05, 0.1) is 98.9 Å². The molecule has 7 atom stereocenters. The Morgan fingerprint density at radius 3 is 1.31 bits per heavy atom. The minimum Gasteiger partial charge on any atom is -0.405 e. The Labute approximate surface area is 782 Å². The number of nitrogens with one attached hydrogen (secondary N) is 15. The Balaban J connectivity index is 2.80. The molecule has 0 heterocycles. The Morgan fingerprint density at radius 1 is 0.373 bits per heavy atom. The van der Waals surface area contributed by atoms with Crippen molar-refractivity contribution in [3.63, 3.8) is 0 Å². The van der Waals surface area contributed by atoms with Crippen LogP contribution in [0.1, 0.15) is 155 Å². The number of aldehydes is 2. The van der Waals surface area contributed by atoms with E-state index in [2.05, 4.69) is 93.3 Å². The van der Waals surface area contributed by atoms with E-state index in [-0.39, 0.29) is 214 Å². The normalized spacial score (nSPS) is 12.6. The van der Waals surface area contributed by atoms with Crippen LogP contribution < -0.4 is 103 Å². The average molecular weight is 1900 g/mol. The van der Waals surface area contributed by atoms with Crippen molar-refractivity contribution in [3.05, 3.63) is 54.8 Å². The SMILES string of the molecule is C=C(CCC(=O)N[C@@H](CCCCNC(=O)CC[C@H](NC(=O)[C@H](CCCC)NC(=O)[C@H](CNCCN(CC=O)CC=O)NC(=O)[C@H](C/C=C/N)NC(=O)[C@H](CCC(N)=O)NC(=O)[C@H](C)NC(=O)CNC(=O)COCCOCCNC(=O)COCCOCCNC(=O)COCCOCCNC(=O)COCCOCCNC(=O)CCCCC)C(=O)NCCCCC(N)=O)C(N)=O)c1ccccc1. The molecule has 0 bridgehead atoms. The number of ether oxygens (including phenoxy) is 8. The molecule has 47 nitrogen and oxygen atoms in total. The van der Waals surface area contributed by atoms with Gasteiger partial charge in [-0.25, -0.2) is 0 Å². The zero-order valence-corrected chi connectivity index (χ0v) is 77.7. The summed E-state index contributed by atoms with van der Waals surface area (Å²) < 4.78 is 42.8. The Hall–Kier alpha value is -11.6. The van der Waals surface area contributed by atoms with Gasteiger partial charge >= 0.3 is 0 Å². The van der Waals surface area contributed by atoms with Gasteiger partial charge in [0.25, 0.3) is 0 Å². The van der Waals surface area contributed by atoms with Gasteiger partial charge in [0.15, 0.2) is 0 Å². The topological polar surface area (TPSA) is 686 Å². The van der Waals surface area contributed by atoms with Gasteiger partial charge in [-0.05, 0) is 94.9 Å². The van der Waals surface area contributed by atoms with E-state index in [4.69, 9.17) is 60.8 Å². The van der Waals surface area contributed by atoms with Gasteiger partial charge in [0, 0.05) is 91.0 Å². The fraction of sp³-hybridized carbons (Fsp3) is 0.667. The molecule has 0 aliphatic heterocycles. The summed E-state index contributed by atoms with van der Waals surface area (Å²) in [5.74, 6) is -11.4. The molecular weight excluding hydrogens is 1760 g/mol. The van der Waals surface area contributed by atoms with Crippen LogP contribution in [0, 0.1) is 0 Å². The number of nitrogens with zero attached hydrogens (tertiary/aromatic N) is 1. The highest BCUT2D eigenvalue weighted by molar-refractivity contribution is 5.98. The number of carbonyl (C=O) groups excluding carboxylic acids is 19. The number of amides is 17. The van der Waals surface area contributed by atoms with Gasteiger partial charge in [-0.1, -0.05) is 82.5 Å². The molecule has 0 aromatic heterocycles. The molecule has 134 heavy (non-hydrogen) atoms. The van der Waals surface area contributed by atoms with Crippen LogP contribution >= 0.6 is 0 Å². The molecule has 47 heteroatoms. The standard InChI is InChI=1S/C87H146N20O27/c1-5-7-10-24-73(112)94-35-44-127-48-52-131-58-77(116)95-36-45-128-49-53-132-59-78(117)96-37-46-129-50-54-133-60-79(118)97-38-47-130-51-55-134-61-80(119)99-57-76(115)100-63(4)82(121)102-69(26-28-72(90)111)86(125)103-67(22-17-31-88)85(124)106-70(56-92-34-39-107(40-42-108)41-43-109)87(126)104-66(20-8-6-2)84(123)105-68(83(122)98-33-16-14-23-71(89)110)27-30-74(113)93-32-15-13-21-65(81(91)120)101-75(114)29-25-62(3)64-18-11-9-12-19-64/h9,11-12,17-19,31,42-43,63,65-70,92H,3,5-8,10,13-16,20-30,32-41,44-61,88H2,1-2,4H3,(H2,89,110)(H2,90,111)(H2,91,120)(H,93,113)(H,94,112)(H,95,116)(H,96,117)(H,97,118)(H,98,122)(H,99,119)(H,100,115)(H,101,114)(H,102,121)(H,103,125)(H,104,126)(H,105,123)(H,106,124)/b31-17+/t63-,65-,66-,67-,68-,69-,70-/m0/s1. The number of hydrogen-bond donors (Lipinski definition) is 19. The van der Waals surface area contributed by atoms with Crippen LogP contribution in [0.4, 0.5) is 0 Å². The largest absolute Gasteiger partial charge is 0.405 e. The molecule has 1 rings (SSSR count). The van der Waals surface area contributed by atoms with Crippen molar-refractivity contribution < 1.29 is 129 Å². The first-order chi connectivity index (χ1) is 64.5. The molecule has 0 saturated carbocycles. The number of benzene rings is 1. The predicted octanol–water partition coefficient (Wildman–Crippen LogP) is -5.88. The summed E-state index contributed by atoms with van der Waals surface area (Å²) in [5, 5.41) is 39.3. The minimum atomic E-state index is -1.61. The first kappa shape index (κ1) is 120. The van der Waals surface area contributed by atoms with Crippen LogP contribution in [0.2, 0.25) is 0 Å². The lowest BCUT2D eigenvalue weighted by atomic mass is 10.0. The van der Waals surface area contributed by atoms with E-state index in [1.54, 1.807) is 6.92 Å². The summed E-state index contributed by atoms with van der Waals surface area (Å²) in [4.78, 5) is 245. The van der Waals surface area contributed by atoms with Gasteiger partial charge in [-0.2, -0.15) is 0 Å². The van der Waals surface area contributed by atoms with E-state index in [0.717, 1.165) is 36.6 Å². The molecule has 0 spiro atoms. The second kappa shape index (κ2) is 78.9. The average Bonchev–Trinajstić information content (AvgIpc) is 0.861. The summed E-state index contributed by atoms with van der Waals surface area (Å²) in [6.07, 6.45) is 7.89. The van der Waals surface area contributed by atoms with Gasteiger partial charge < -0.3 is 150 Å². The summed E-state index contributed by atoms with van der Waals surface area (Å²) >= 11 is 0. The van der Waals surface area contributed by atoms with E-state index >= 15 is 0 Å². The lowest BCUT2D eigenvalue weighted by molar-refractivity contribution is -0.135. The number of allylic oxidation sites excluding steroid dienone is 1. The zero-order valence-electron chi connectivity index (χ0n) is 77.7. The molecule has 1 aromatic rings. The maximum atomic E-state index is 14.6. The second-order valence-corrected chi connectivity index (χ2v) is 30.6. The van der Waals surface area contributed by atoms with Crippen LogP contribution in [0.5, 0.6) is 0 Å². The fourth-order valence-electron chi connectivity index (χ4n) is 11.9. The number of hydrogen-bond acceptors (Lipinski definition) is 30. The molecule has 0 radical (unpaired) electrons. The lowest BCUT2D eigenvalue weighted by Gasteiger charge is -2.27. The molecule has 0 unspecified atom stereocenters. The zero-order chi connectivity index (χ0) is 99.2. The molecule has 0 aliphatic carbocycles. The van der Waals surface area contributed by atoms with Crippen molar-refractivity contribution >= 4 is 119 Å². The first-order valence-electron chi connectivity index (χ1n) is 45.3. The van der Waals surface area contributed by atoms with E-state index in [1.807, 2.05) is 30.3 Å². The predicted molar refractivity (Wildman–Crippen MR) is 488 cm³/mol. The summed E-state index contributed by atoms with van der Waals surface area (Å²) in [6.45, 7) is 9.92. The Morgan fingerprint density at radius 2 is 0.799 bits per heavy atom. The van der Waals surface area contributed by atoms with Crippen LogP contribution in [0.25, 0.3) is 5.57 Å². The van der Waals surface area contributed by atoms with E-state index in [0.29, 0.717) is 77.1 Å². The van der Waals surface area contributed by atoms with Crippen molar-refractivity contribution in [3.8, 4) is 0 Å². The quantitative estimate of drug-likeness (QED) is 0.0213. The molecular formula is C87H146N20O27. The number of carbonyl (C=O) groups is 19. The van der Waals surface area contributed by atoms with E-state index < -0.39 is 158 Å². The van der Waals surface area contributed by atoms with Crippen molar-refractivity contribution in [2.75, 3.05) is 184 Å². The van der Waals surface area contributed by atoms with Crippen LogP contribution in [-0.2, 0) is 129 Å². The van der Waals surface area contributed by atoms with Crippen LogP contribution in [0.15, 0.2) is 49.2 Å². The lowest BCUT2D eigenvalue weighted by Crippen LogP contribution is -2.61. The second-order valence-electron chi connectivity index (χ2n) is 30.6. The highest BCUT2D eigenvalue weighted by atomic mass is 16.5. The third kappa shape index (κ3) is 65.1. The highest BCUT2D eigenvalue weighted by Crippen LogP contribution is 2.18. The fourth-order valence-corrected chi connectivity index (χ4v) is 11.9. The Bertz CT molecular complexity index is 3710. The number of nitrogens with two attached hydrogens (primary N) is 4. The van der Waals surface area contributed by atoms with Gasteiger partial charge in [-0.3, -0.25) is 86.4 Å². The molecule has 23 N–H and O–H groups in total. The smallest absolute Gasteiger partial charge is 0.246 e. The van der Waals surface area contributed by atoms with Crippen molar-refractivity contribution in [1.82, 2.24) is 84.7 Å². The number of unbranched alkanes of at least 4 members (excludes halogenated alkanes) is 5. The first-order valence-corrected chi connectivity index (χ1v) is 45.3. The molecule has 17 amide bonds. The highest BCUT2D eigenvalue weighted by Gasteiger charge is 2.34. The summed E-state index contributed by atoms with van der Waals surface area (Å²) in [7, 11) is 0. The Kier molecular flexibility index (Phi) is 70.9. The van der Waals surface area contributed by atoms with Gasteiger partial charge in [0.1, 0.15) is 81.3 Å². The third-order valence-electron chi connectivity index (χ3n) is 19.3. The number of rotatable bonds is 86. The number of primary amides is 3. The van der Waals surface area contributed by atoms with E-state index in [1.165, 1.54) is 17.9 Å². The van der Waals surface area contributed by atoms with Crippen LogP contribution in [0.3, 0.4) is 0 Å². The molecule has 756 valence electrons. The molecule has 0 fully saturated rings. The molecule has 1 aromatic carbocycles. The molecule has 0 aliphatic rings. The van der Waals surface area contributed by atoms with Crippen molar-refractivity contribution in [2.45, 2.75) is 191 Å². The van der Waals surface area contributed by atoms with E-state index in [9.17, 15) is 91.1 Å².